The van der Waals surface area contributed by atoms with Gasteiger partial charge >= 0.3 is 0 Å². The average Bonchev–Trinajstić information content (AvgIpc) is 2.15. The van der Waals surface area contributed by atoms with Crippen LogP contribution >= 0.6 is 0 Å². The largest absolute Gasteiger partial charge is 0.387 e. The van der Waals surface area contributed by atoms with E-state index in [0.717, 1.165) is 12.3 Å². The molecule has 0 amide bonds. The summed E-state index contributed by atoms with van der Waals surface area (Å²) in [6, 6.07) is 0.530. The zero-order valence-corrected chi connectivity index (χ0v) is 7.34. The predicted molar refractivity (Wildman–Crippen MR) is 48.8 cm³/mol. The Morgan fingerprint density at radius 3 is 3.09 bits per heavy atom. The fraction of sp³-hybridized carbons (Fsp3) is 0.889. The van der Waals surface area contributed by atoms with Crippen molar-refractivity contribution in [3.8, 4) is 0 Å². The molecule has 0 fully saturated rings. The fourth-order valence-electron chi connectivity index (χ4n) is 1.59. The van der Waals surface area contributed by atoms with E-state index in [1.165, 1.54) is 32.1 Å². The molecule has 0 aromatic rings. The van der Waals surface area contributed by atoms with Crippen LogP contribution in [-0.4, -0.2) is 11.9 Å². The quantitative estimate of drug-likeness (QED) is 0.649. The third kappa shape index (κ3) is 2.91. The SMILES string of the molecule is CCCC1CCCCC(N)=N1. The molecule has 1 aliphatic rings. The molecule has 0 aromatic heterocycles. The van der Waals surface area contributed by atoms with Gasteiger partial charge in [0.15, 0.2) is 0 Å². The van der Waals surface area contributed by atoms with E-state index in [4.69, 9.17) is 5.73 Å². The van der Waals surface area contributed by atoms with E-state index < -0.39 is 0 Å². The van der Waals surface area contributed by atoms with Gasteiger partial charge in [-0.05, 0) is 19.3 Å². The number of nitrogens with zero attached hydrogens (tertiary/aromatic N) is 1. The Morgan fingerprint density at radius 2 is 2.36 bits per heavy atom. The normalized spacial score (nSPS) is 25.9. The molecular formula is C9H18N2. The molecule has 0 spiro atoms. The molecule has 0 saturated carbocycles. The summed E-state index contributed by atoms with van der Waals surface area (Å²) >= 11 is 0. The lowest BCUT2D eigenvalue weighted by Crippen LogP contribution is -2.13. The minimum absolute atomic E-state index is 0.530. The van der Waals surface area contributed by atoms with Crippen LogP contribution in [0.5, 0.6) is 0 Å². The highest BCUT2D eigenvalue weighted by Gasteiger charge is 2.09. The predicted octanol–water partition coefficient (Wildman–Crippen LogP) is 2.09. The van der Waals surface area contributed by atoms with Gasteiger partial charge in [0.05, 0.1) is 11.9 Å². The molecule has 1 unspecified atom stereocenters. The van der Waals surface area contributed by atoms with E-state index in [9.17, 15) is 0 Å². The Hall–Kier alpha value is -0.530. The van der Waals surface area contributed by atoms with Crippen LogP contribution in [0.25, 0.3) is 0 Å². The van der Waals surface area contributed by atoms with Crippen LogP contribution in [0.3, 0.4) is 0 Å². The Labute approximate surface area is 68.9 Å². The topological polar surface area (TPSA) is 38.4 Å². The summed E-state index contributed by atoms with van der Waals surface area (Å²) in [7, 11) is 0. The van der Waals surface area contributed by atoms with Crippen LogP contribution in [-0.2, 0) is 0 Å². The van der Waals surface area contributed by atoms with Crippen LogP contribution in [0.4, 0.5) is 0 Å². The summed E-state index contributed by atoms with van der Waals surface area (Å²) in [5.74, 6) is 0.876. The highest BCUT2D eigenvalue weighted by Crippen LogP contribution is 2.15. The number of hydrogen-bond donors (Lipinski definition) is 1. The third-order valence-electron chi connectivity index (χ3n) is 2.19. The number of aliphatic imine (C=N–C) groups is 1. The van der Waals surface area contributed by atoms with Gasteiger partial charge in [0, 0.05) is 6.42 Å². The monoisotopic (exact) mass is 154 g/mol. The molecule has 1 rings (SSSR count). The molecule has 0 aliphatic carbocycles. The minimum atomic E-state index is 0.530. The van der Waals surface area contributed by atoms with Gasteiger partial charge in [-0.1, -0.05) is 19.8 Å². The van der Waals surface area contributed by atoms with Gasteiger partial charge in [-0.25, -0.2) is 0 Å². The van der Waals surface area contributed by atoms with Crippen molar-refractivity contribution in [1.82, 2.24) is 0 Å². The van der Waals surface area contributed by atoms with Crippen molar-refractivity contribution < 1.29 is 0 Å². The highest BCUT2D eigenvalue weighted by molar-refractivity contribution is 5.80. The molecule has 1 aliphatic heterocycles. The summed E-state index contributed by atoms with van der Waals surface area (Å²) in [5, 5.41) is 0. The van der Waals surface area contributed by atoms with E-state index in [0.29, 0.717) is 6.04 Å². The van der Waals surface area contributed by atoms with Crippen LogP contribution in [0, 0.1) is 0 Å². The number of amidine groups is 1. The van der Waals surface area contributed by atoms with Crippen LogP contribution in [0.1, 0.15) is 45.4 Å². The van der Waals surface area contributed by atoms with Crippen molar-refractivity contribution in [3.63, 3.8) is 0 Å². The summed E-state index contributed by atoms with van der Waals surface area (Å²) in [4.78, 5) is 4.46. The molecule has 0 saturated heterocycles. The number of hydrogen-bond acceptors (Lipinski definition) is 2. The van der Waals surface area contributed by atoms with E-state index in [1.807, 2.05) is 0 Å². The summed E-state index contributed by atoms with van der Waals surface area (Å²) in [5.41, 5.74) is 5.71. The van der Waals surface area contributed by atoms with Crippen molar-refractivity contribution in [3.05, 3.63) is 0 Å². The molecular weight excluding hydrogens is 136 g/mol. The van der Waals surface area contributed by atoms with Crippen molar-refractivity contribution in [2.24, 2.45) is 10.7 Å². The first kappa shape index (κ1) is 8.57. The standard InChI is InChI=1S/C9H18N2/c1-2-5-8-6-3-4-7-9(10)11-8/h8H,2-7H2,1H3,(H2,10,11). The molecule has 0 bridgehead atoms. The Morgan fingerprint density at radius 1 is 1.55 bits per heavy atom. The third-order valence-corrected chi connectivity index (χ3v) is 2.19. The van der Waals surface area contributed by atoms with Gasteiger partial charge in [0.25, 0.3) is 0 Å². The van der Waals surface area contributed by atoms with Gasteiger partial charge in [0.2, 0.25) is 0 Å². The van der Waals surface area contributed by atoms with Crippen molar-refractivity contribution in [1.29, 1.82) is 0 Å². The maximum absolute atomic E-state index is 5.71. The first-order valence-electron chi connectivity index (χ1n) is 4.65. The average molecular weight is 154 g/mol. The first-order chi connectivity index (χ1) is 5.33. The zero-order chi connectivity index (χ0) is 8.10. The molecule has 1 atom stereocenters. The van der Waals surface area contributed by atoms with Crippen LogP contribution < -0.4 is 5.73 Å². The number of rotatable bonds is 2. The summed E-state index contributed by atoms with van der Waals surface area (Å²) in [6.45, 7) is 2.20. The van der Waals surface area contributed by atoms with Gasteiger partial charge in [0.1, 0.15) is 0 Å². The molecule has 64 valence electrons. The minimum Gasteiger partial charge on any atom is -0.387 e. The Kier molecular flexibility index (Phi) is 3.40. The molecule has 11 heavy (non-hydrogen) atoms. The molecule has 0 aromatic carbocycles. The van der Waals surface area contributed by atoms with Gasteiger partial charge in [-0.3, -0.25) is 4.99 Å². The maximum atomic E-state index is 5.71. The molecule has 2 heteroatoms. The zero-order valence-electron chi connectivity index (χ0n) is 7.34. The first-order valence-corrected chi connectivity index (χ1v) is 4.65. The Balaban J connectivity index is 2.42. The van der Waals surface area contributed by atoms with Crippen molar-refractivity contribution in [2.75, 3.05) is 0 Å². The fourth-order valence-corrected chi connectivity index (χ4v) is 1.59. The maximum Gasteiger partial charge on any atom is 0.0940 e. The smallest absolute Gasteiger partial charge is 0.0940 e. The second-order valence-corrected chi connectivity index (χ2v) is 3.31. The molecule has 2 N–H and O–H groups in total. The lowest BCUT2D eigenvalue weighted by Gasteiger charge is -2.07. The van der Waals surface area contributed by atoms with E-state index >= 15 is 0 Å². The Bertz CT molecular complexity index is 140. The molecule has 1 heterocycles. The molecule has 0 radical (unpaired) electrons. The second-order valence-electron chi connectivity index (χ2n) is 3.31. The van der Waals surface area contributed by atoms with E-state index in [-0.39, 0.29) is 0 Å². The lowest BCUT2D eigenvalue weighted by molar-refractivity contribution is 0.547. The van der Waals surface area contributed by atoms with Gasteiger partial charge < -0.3 is 5.73 Å². The van der Waals surface area contributed by atoms with Crippen molar-refractivity contribution >= 4 is 5.84 Å². The highest BCUT2D eigenvalue weighted by atomic mass is 14.9. The van der Waals surface area contributed by atoms with Gasteiger partial charge in [-0.2, -0.15) is 0 Å². The van der Waals surface area contributed by atoms with E-state index in [1.54, 1.807) is 0 Å². The van der Waals surface area contributed by atoms with Crippen LogP contribution in [0.15, 0.2) is 4.99 Å². The lowest BCUT2D eigenvalue weighted by atomic mass is 10.1. The molecule has 2 nitrogen and oxygen atoms in total. The summed E-state index contributed by atoms with van der Waals surface area (Å²) in [6.07, 6.45) is 7.22. The summed E-state index contributed by atoms with van der Waals surface area (Å²) < 4.78 is 0. The van der Waals surface area contributed by atoms with E-state index in [2.05, 4.69) is 11.9 Å². The van der Waals surface area contributed by atoms with Crippen LogP contribution in [0.2, 0.25) is 0 Å². The number of nitrogens with two attached hydrogens (primary N) is 1. The van der Waals surface area contributed by atoms with Gasteiger partial charge in [-0.15, -0.1) is 0 Å². The second kappa shape index (κ2) is 4.37. The van der Waals surface area contributed by atoms with Crippen molar-refractivity contribution in [2.45, 2.75) is 51.5 Å².